The first kappa shape index (κ1) is 13.2. The van der Waals surface area contributed by atoms with Crippen LogP contribution < -0.4 is 11.3 Å². The maximum absolute atomic E-state index is 5.59. The maximum Gasteiger partial charge on any atom is 0.0484 e. The molecule has 3 heteroatoms. The molecule has 0 saturated heterocycles. The minimum Gasteiger partial charge on any atom is -0.382 e. The van der Waals surface area contributed by atoms with Gasteiger partial charge in [0, 0.05) is 19.3 Å². The molecule has 0 aromatic heterocycles. The van der Waals surface area contributed by atoms with Crippen LogP contribution in [0.15, 0.2) is 18.2 Å². The average Bonchev–Trinajstić information content (AvgIpc) is 2.26. The number of hydrogen-bond donors (Lipinski definition) is 2. The van der Waals surface area contributed by atoms with Crippen molar-refractivity contribution in [3.8, 4) is 0 Å². The number of nitrogens with two attached hydrogens (primary N) is 1. The van der Waals surface area contributed by atoms with Crippen molar-refractivity contribution in [2.45, 2.75) is 33.2 Å². The van der Waals surface area contributed by atoms with Gasteiger partial charge >= 0.3 is 0 Å². The van der Waals surface area contributed by atoms with E-state index in [-0.39, 0.29) is 6.04 Å². The first-order valence-corrected chi connectivity index (χ1v) is 5.80. The van der Waals surface area contributed by atoms with E-state index in [0.29, 0.717) is 0 Å². The molecule has 0 amide bonds. The lowest BCUT2D eigenvalue weighted by Gasteiger charge is -2.18. The van der Waals surface area contributed by atoms with Crippen molar-refractivity contribution in [3.05, 3.63) is 34.9 Å². The van der Waals surface area contributed by atoms with Gasteiger partial charge in [-0.15, -0.1) is 0 Å². The summed E-state index contributed by atoms with van der Waals surface area (Å²) in [6.45, 7) is 7.71. The lowest BCUT2D eigenvalue weighted by atomic mass is 9.98. The molecule has 0 spiro atoms. The van der Waals surface area contributed by atoms with E-state index in [0.717, 1.165) is 19.6 Å². The van der Waals surface area contributed by atoms with E-state index in [2.05, 4.69) is 37.5 Å². The van der Waals surface area contributed by atoms with E-state index in [4.69, 9.17) is 10.6 Å². The van der Waals surface area contributed by atoms with Crippen LogP contribution in [-0.2, 0) is 4.74 Å². The molecule has 3 N–H and O–H groups in total. The molecule has 3 nitrogen and oxygen atoms in total. The van der Waals surface area contributed by atoms with Gasteiger partial charge in [-0.2, -0.15) is 0 Å². The van der Waals surface area contributed by atoms with E-state index in [1.165, 1.54) is 16.7 Å². The Morgan fingerprint density at radius 1 is 1.38 bits per heavy atom. The van der Waals surface area contributed by atoms with Gasteiger partial charge in [-0.05, 0) is 38.3 Å². The lowest BCUT2D eigenvalue weighted by molar-refractivity contribution is 0.136. The molecule has 0 fully saturated rings. The van der Waals surface area contributed by atoms with Crippen LogP contribution in [0.1, 0.15) is 36.1 Å². The standard InChI is InChI=1S/C13H22N2O/c1-4-16-8-7-13(15-14)12-6-5-10(2)9-11(12)3/h5-6,9,13,15H,4,7-8,14H2,1-3H3. The summed E-state index contributed by atoms with van der Waals surface area (Å²) >= 11 is 0. The Hall–Kier alpha value is -0.900. The zero-order valence-electron chi connectivity index (χ0n) is 10.4. The van der Waals surface area contributed by atoms with Crippen LogP contribution in [0, 0.1) is 13.8 Å². The van der Waals surface area contributed by atoms with Crippen molar-refractivity contribution >= 4 is 0 Å². The first-order chi connectivity index (χ1) is 7.69. The molecule has 0 aliphatic rings. The minimum absolute atomic E-state index is 0.173. The summed E-state index contributed by atoms with van der Waals surface area (Å²) in [7, 11) is 0. The second-order valence-electron chi connectivity index (χ2n) is 4.06. The van der Waals surface area contributed by atoms with Crippen LogP contribution in [0.4, 0.5) is 0 Å². The number of ether oxygens (including phenoxy) is 1. The molecule has 1 rings (SSSR count). The monoisotopic (exact) mass is 222 g/mol. The van der Waals surface area contributed by atoms with Gasteiger partial charge in [-0.1, -0.05) is 23.8 Å². The molecule has 1 aromatic rings. The van der Waals surface area contributed by atoms with Crippen molar-refractivity contribution in [1.82, 2.24) is 5.43 Å². The minimum atomic E-state index is 0.173. The van der Waals surface area contributed by atoms with Crippen LogP contribution >= 0.6 is 0 Å². The van der Waals surface area contributed by atoms with Crippen LogP contribution in [0.5, 0.6) is 0 Å². The largest absolute Gasteiger partial charge is 0.382 e. The van der Waals surface area contributed by atoms with Gasteiger partial charge in [0.15, 0.2) is 0 Å². The third kappa shape index (κ3) is 3.59. The molecule has 1 atom stereocenters. The van der Waals surface area contributed by atoms with Crippen molar-refractivity contribution < 1.29 is 4.74 Å². The Morgan fingerprint density at radius 3 is 2.69 bits per heavy atom. The van der Waals surface area contributed by atoms with Gasteiger partial charge in [0.25, 0.3) is 0 Å². The Morgan fingerprint density at radius 2 is 2.12 bits per heavy atom. The highest BCUT2D eigenvalue weighted by Gasteiger charge is 2.11. The van der Waals surface area contributed by atoms with Gasteiger partial charge in [0.2, 0.25) is 0 Å². The Bertz CT molecular complexity index is 326. The normalized spacial score (nSPS) is 12.8. The summed E-state index contributed by atoms with van der Waals surface area (Å²) in [5.74, 6) is 5.59. The molecule has 0 aliphatic carbocycles. The van der Waals surface area contributed by atoms with Gasteiger partial charge in [-0.25, -0.2) is 0 Å². The van der Waals surface area contributed by atoms with Crippen molar-refractivity contribution in [2.24, 2.45) is 5.84 Å². The quantitative estimate of drug-likeness (QED) is 0.441. The summed E-state index contributed by atoms with van der Waals surface area (Å²) in [6.07, 6.45) is 0.897. The highest BCUT2D eigenvalue weighted by molar-refractivity contribution is 5.32. The van der Waals surface area contributed by atoms with E-state index in [1.807, 2.05) is 6.92 Å². The molecule has 1 aromatic carbocycles. The first-order valence-electron chi connectivity index (χ1n) is 5.80. The number of rotatable bonds is 6. The van der Waals surface area contributed by atoms with Gasteiger partial charge in [0.1, 0.15) is 0 Å². The zero-order valence-corrected chi connectivity index (χ0v) is 10.4. The number of benzene rings is 1. The predicted molar refractivity (Wildman–Crippen MR) is 67.1 cm³/mol. The van der Waals surface area contributed by atoms with Gasteiger partial charge < -0.3 is 4.74 Å². The number of hydrazine groups is 1. The fourth-order valence-corrected chi connectivity index (χ4v) is 1.89. The average molecular weight is 222 g/mol. The van der Waals surface area contributed by atoms with Crippen LogP contribution in [-0.4, -0.2) is 13.2 Å². The van der Waals surface area contributed by atoms with Crippen molar-refractivity contribution in [2.75, 3.05) is 13.2 Å². The third-order valence-corrected chi connectivity index (χ3v) is 2.76. The topological polar surface area (TPSA) is 47.3 Å². The van der Waals surface area contributed by atoms with Crippen LogP contribution in [0.3, 0.4) is 0 Å². The SMILES string of the molecule is CCOCCC(NN)c1ccc(C)cc1C. The van der Waals surface area contributed by atoms with E-state index < -0.39 is 0 Å². The fourth-order valence-electron chi connectivity index (χ4n) is 1.89. The second-order valence-corrected chi connectivity index (χ2v) is 4.06. The molecule has 0 heterocycles. The number of hydrogen-bond acceptors (Lipinski definition) is 3. The highest BCUT2D eigenvalue weighted by Crippen LogP contribution is 2.21. The summed E-state index contributed by atoms with van der Waals surface area (Å²) in [5, 5.41) is 0. The summed E-state index contributed by atoms with van der Waals surface area (Å²) in [5.41, 5.74) is 6.67. The van der Waals surface area contributed by atoms with Gasteiger partial charge in [0.05, 0.1) is 0 Å². The lowest BCUT2D eigenvalue weighted by Crippen LogP contribution is -2.29. The van der Waals surface area contributed by atoms with Crippen molar-refractivity contribution in [3.63, 3.8) is 0 Å². The molecule has 0 aliphatic heterocycles. The van der Waals surface area contributed by atoms with E-state index >= 15 is 0 Å². The summed E-state index contributed by atoms with van der Waals surface area (Å²) < 4.78 is 5.36. The molecular formula is C13H22N2O. The molecule has 90 valence electrons. The number of nitrogens with one attached hydrogen (secondary N) is 1. The molecular weight excluding hydrogens is 200 g/mol. The fraction of sp³-hybridized carbons (Fsp3) is 0.538. The molecule has 1 unspecified atom stereocenters. The third-order valence-electron chi connectivity index (χ3n) is 2.76. The number of aryl methyl sites for hydroxylation is 2. The van der Waals surface area contributed by atoms with Crippen molar-refractivity contribution in [1.29, 1.82) is 0 Å². The smallest absolute Gasteiger partial charge is 0.0484 e. The summed E-state index contributed by atoms with van der Waals surface area (Å²) in [4.78, 5) is 0. The van der Waals surface area contributed by atoms with E-state index in [9.17, 15) is 0 Å². The molecule has 0 radical (unpaired) electrons. The second kappa shape index (κ2) is 6.63. The molecule has 16 heavy (non-hydrogen) atoms. The molecule has 0 saturated carbocycles. The Kier molecular flexibility index (Phi) is 5.46. The predicted octanol–water partition coefficient (Wildman–Crippen LogP) is 2.23. The summed E-state index contributed by atoms with van der Waals surface area (Å²) in [6, 6.07) is 6.61. The van der Waals surface area contributed by atoms with Crippen LogP contribution in [0.2, 0.25) is 0 Å². The molecule has 0 bridgehead atoms. The Balaban J connectivity index is 2.70. The van der Waals surface area contributed by atoms with Crippen LogP contribution in [0.25, 0.3) is 0 Å². The van der Waals surface area contributed by atoms with E-state index in [1.54, 1.807) is 0 Å². The Labute approximate surface area is 98.0 Å². The van der Waals surface area contributed by atoms with Gasteiger partial charge in [-0.3, -0.25) is 11.3 Å². The zero-order chi connectivity index (χ0) is 12.0. The maximum atomic E-state index is 5.59. The highest BCUT2D eigenvalue weighted by atomic mass is 16.5.